The second kappa shape index (κ2) is 6.90. The van der Waals surface area contributed by atoms with Gasteiger partial charge in [-0.25, -0.2) is 0 Å². The third-order valence-electron chi connectivity index (χ3n) is 3.19. The molecule has 110 valence electrons. The first-order valence-corrected chi connectivity index (χ1v) is 6.69. The van der Waals surface area contributed by atoms with Gasteiger partial charge in [-0.2, -0.15) is 0 Å². The van der Waals surface area contributed by atoms with Gasteiger partial charge in [0.25, 0.3) is 5.91 Å². The van der Waals surface area contributed by atoms with Crippen LogP contribution in [0.15, 0.2) is 48.5 Å². The van der Waals surface area contributed by atoms with Crippen LogP contribution in [0.5, 0.6) is 5.75 Å². The Kier molecular flexibility index (Phi) is 4.95. The van der Waals surface area contributed by atoms with Crippen molar-refractivity contribution in [3.05, 3.63) is 59.7 Å². The molecule has 0 heterocycles. The van der Waals surface area contributed by atoms with E-state index in [1.807, 2.05) is 55.5 Å². The molecule has 1 unspecified atom stereocenters. The second-order valence-electron chi connectivity index (χ2n) is 4.72. The molecule has 0 bridgehead atoms. The molecule has 4 nitrogen and oxygen atoms in total. The molecule has 0 fully saturated rings. The highest BCUT2D eigenvalue weighted by Crippen LogP contribution is 2.27. The number of amides is 1. The van der Waals surface area contributed by atoms with E-state index < -0.39 is 6.10 Å². The van der Waals surface area contributed by atoms with Crippen molar-refractivity contribution in [3.63, 3.8) is 0 Å². The Balaban J connectivity index is 2.22. The van der Waals surface area contributed by atoms with E-state index in [-0.39, 0.29) is 5.91 Å². The summed E-state index contributed by atoms with van der Waals surface area (Å²) in [6.45, 7) is 1.96. The van der Waals surface area contributed by atoms with Crippen molar-refractivity contribution in [2.75, 3.05) is 19.5 Å². The Morgan fingerprint density at radius 1 is 1.10 bits per heavy atom. The Morgan fingerprint density at radius 2 is 1.81 bits per heavy atom. The quantitative estimate of drug-likeness (QED) is 0.916. The van der Waals surface area contributed by atoms with E-state index >= 15 is 0 Å². The van der Waals surface area contributed by atoms with Crippen molar-refractivity contribution < 1.29 is 14.3 Å². The van der Waals surface area contributed by atoms with Gasteiger partial charge in [0, 0.05) is 7.11 Å². The fourth-order valence-corrected chi connectivity index (χ4v) is 2.14. The summed E-state index contributed by atoms with van der Waals surface area (Å²) < 4.78 is 10.6. The topological polar surface area (TPSA) is 47.6 Å². The fourth-order valence-electron chi connectivity index (χ4n) is 2.14. The van der Waals surface area contributed by atoms with Crippen LogP contribution >= 0.6 is 0 Å². The van der Waals surface area contributed by atoms with Crippen LogP contribution in [0.2, 0.25) is 0 Å². The normalized spacial score (nSPS) is 11.8. The van der Waals surface area contributed by atoms with Crippen LogP contribution < -0.4 is 10.1 Å². The average molecular weight is 285 g/mol. The zero-order chi connectivity index (χ0) is 15.2. The first-order chi connectivity index (χ1) is 10.2. The summed E-state index contributed by atoms with van der Waals surface area (Å²) in [6.07, 6.45) is -0.656. The SMILES string of the molecule is COc1ccc(C)cc1NC(=O)C(OC)c1ccccc1. The number of hydrogen-bond donors (Lipinski definition) is 1. The van der Waals surface area contributed by atoms with Crippen LogP contribution in [0.1, 0.15) is 17.2 Å². The van der Waals surface area contributed by atoms with Crippen LogP contribution in [0.3, 0.4) is 0 Å². The van der Waals surface area contributed by atoms with Crippen LogP contribution in [0.25, 0.3) is 0 Å². The molecule has 0 saturated heterocycles. The summed E-state index contributed by atoms with van der Waals surface area (Å²) in [4.78, 5) is 12.4. The number of ether oxygens (including phenoxy) is 2. The van der Waals surface area contributed by atoms with E-state index in [2.05, 4.69) is 5.32 Å². The smallest absolute Gasteiger partial charge is 0.258 e. The molecule has 0 saturated carbocycles. The lowest BCUT2D eigenvalue weighted by molar-refractivity contribution is -0.126. The number of anilines is 1. The van der Waals surface area contributed by atoms with E-state index in [1.54, 1.807) is 7.11 Å². The van der Waals surface area contributed by atoms with E-state index in [0.29, 0.717) is 11.4 Å². The van der Waals surface area contributed by atoms with Gasteiger partial charge in [-0.05, 0) is 30.2 Å². The van der Waals surface area contributed by atoms with E-state index in [0.717, 1.165) is 11.1 Å². The van der Waals surface area contributed by atoms with Gasteiger partial charge in [0.15, 0.2) is 6.10 Å². The molecule has 2 aromatic rings. The van der Waals surface area contributed by atoms with E-state index in [4.69, 9.17) is 9.47 Å². The molecule has 0 aromatic heterocycles. The highest BCUT2D eigenvalue weighted by Gasteiger charge is 2.21. The minimum Gasteiger partial charge on any atom is -0.495 e. The lowest BCUT2D eigenvalue weighted by Crippen LogP contribution is -2.22. The van der Waals surface area contributed by atoms with E-state index in [1.165, 1.54) is 7.11 Å². The number of hydrogen-bond acceptors (Lipinski definition) is 3. The summed E-state index contributed by atoms with van der Waals surface area (Å²) in [7, 11) is 3.09. The number of carbonyl (C=O) groups is 1. The summed E-state index contributed by atoms with van der Waals surface area (Å²) in [5.74, 6) is 0.393. The minimum absolute atomic E-state index is 0.229. The number of benzene rings is 2. The van der Waals surface area contributed by atoms with Gasteiger partial charge in [-0.1, -0.05) is 36.4 Å². The Labute approximate surface area is 124 Å². The molecule has 2 rings (SSSR count). The predicted molar refractivity (Wildman–Crippen MR) is 82.6 cm³/mol. The second-order valence-corrected chi connectivity index (χ2v) is 4.72. The third kappa shape index (κ3) is 3.61. The Hall–Kier alpha value is -2.33. The maximum Gasteiger partial charge on any atom is 0.258 e. The van der Waals surface area contributed by atoms with Crippen LogP contribution in [-0.4, -0.2) is 20.1 Å². The summed E-state index contributed by atoms with van der Waals surface area (Å²) in [5.41, 5.74) is 2.49. The lowest BCUT2D eigenvalue weighted by atomic mass is 10.1. The zero-order valence-electron chi connectivity index (χ0n) is 12.4. The minimum atomic E-state index is -0.656. The molecule has 0 aliphatic carbocycles. The predicted octanol–water partition coefficient (Wildman–Crippen LogP) is 3.33. The highest BCUT2D eigenvalue weighted by atomic mass is 16.5. The highest BCUT2D eigenvalue weighted by molar-refractivity contribution is 5.96. The van der Waals surface area contributed by atoms with Gasteiger partial charge in [0.1, 0.15) is 5.75 Å². The van der Waals surface area contributed by atoms with Crippen LogP contribution in [0.4, 0.5) is 5.69 Å². The van der Waals surface area contributed by atoms with Crippen LogP contribution in [-0.2, 0) is 9.53 Å². The van der Waals surface area contributed by atoms with Gasteiger partial charge < -0.3 is 14.8 Å². The van der Waals surface area contributed by atoms with Crippen molar-refractivity contribution in [1.29, 1.82) is 0 Å². The molecule has 21 heavy (non-hydrogen) atoms. The molecule has 0 radical (unpaired) electrons. The number of methoxy groups -OCH3 is 2. The standard InChI is InChI=1S/C17H19NO3/c1-12-9-10-15(20-2)14(11-12)18-17(19)16(21-3)13-7-5-4-6-8-13/h4-11,16H,1-3H3,(H,18,19). The monoisotopic (exact) mass is 285 g/mol. The average Bonchev–Trinajstić information content (AvgIpc) is 2.49. The molecular weight excluding hydrogens is 266 g/mol. The van der Waals surface area contributed by atoms with Crippen molar-refractivity contribution >= 4 is 11.6 Å². The Bertz CT molecular complexity index is 611. The summed E-state index contributed by atoms with van der Waals surface area (Å²) >= 11 is 0. The number of carbonyl (C=O) groups excluding carboxylic acids is 1. The largest absolute Gasteiger partial charge is 0.495 e. The van der Waals surface area contributed by atoms with Gasteiger partial charge in [0.05, 0.1) is 12.8 Å². The maximum atomic E-state index is 12.4. The zero-order valence-corrected chi connectivity index (χ0v) is 12.4. The van der Waals surface area contributed by atoms with Gasteiger partial charge in [-0.15, -0.1) is 0 Å². The first-order valence-electron chi connectivity index (χ1n) is 6.69. The molecular formula is C17H19NO3. The number of rotatable bonds is 5. The molecule has 0 spiro atoms. The van der Waals surface area contributed by atoms with Crippen molar-refractivity contribution in [3.8, 4) is 5.75 Å². The van der Waals surface area contributed by atoms with Gasteiger partial charge in [-0.3, -0.25) is 4.79 Å². The Morgan fingerprint density at radius 3 is 2.43 bits per heavy atom. The fraction of sp³-hybridized carbons (Fsp3) is 0.235. The third-order valence-corrected chi connectivity index (χ3v) is 3.19. The molecule has 1 atom stereocenters. The van der Waals surface area contributed by atoms with Crippen LogP contribution in [0, 0.1) is 6.92 Å². The summed E-state index contributed by atoms with van der Waals surface area (Å²) in [5, 5.41) is 2.86. The molecule has 0 aliphatic heterocycles. The van der Waals surface area contributed by atoms with Gasteiger partial charge in [0.2, 0.25) is 0 Å². The maximum absolute atomic E-state index is 12.4. The molecule has 1 amide bonds. The van der Waals surface area contributed by atoms with Crippen molar-refractivity contribution in [2.45, 2.75) is 13.0 Å². The number of nitrogens with one attached hydrogen (secondary N) is 1. The molecule has 0 aliphatic rings. The molecule has 4 heteroatoms. The van der Waals surface area contributed by atoms with Crippen molar-refractivity contribution in [1.82, 2.24) is 0 Å². The lowest BCUT2D eigenvalue weighted by Gasteiger charge is -2.17. The first kappa shape index (κ1) is 15.1. The molecule has 2 aromatic carbocycles. The van der Waals surface area contributed by atoms with Gasteiger partial charge >= 0.3 is 0 Å². The number of aryl methyl sites for hydroxylation is 1. The summed E-state index contributed by atoms with van der Waals surface area (Å²) in [6, 6.07) is 15.0. The van der Waals surface area contributed by atoms with Crippen molar-refractivity contribution in [2.24, 2.45) is 0 Å². The van der Waals surface area contributed by atoms with E-state index in [9.17, 15) is 4.79 Å². The molecule has 1 N–H and O–H groups in total.